The van der Waals surface area contributed by atoms with Crippen LogP contribution in [0.5, 0.6) is 0 Å². The van der Waals surface area contributed by atoms with Crippen LogP contribution in [-0.2, 0) is 9.53 Å². The zero-order chi connectivity index (χ0) is 11.1. The normalized spacial score (nSPS) is 16.5. The fourth-order valence-electron chi connectivity index (χ4n) is 1.46. The predicted octanol–water partition coefficient (Wildman–Crippen LogP) is -0.309. The molecule has 15 heavy (non-hydrogen) atoms. The summed E-state index contributed by atoms with van der Waals surface area (Å²) in [4.78, 5) is 15.4. The first-order valence-corrected chi connectivity index (χ1v) is 5.15. The third kappa shape index (κ3) is 4.28. The van der Waals surface area contributed by atoms with Crippen LogP contribution in [0.4, 0.5) is 0 Å². The molecule has 0 N–H and O–H groups in total. The van der Waals surface area contributed by atoms with E-state index in [9.17, 15) is 4.79 Å². The number of carbonyl (C=O) groups is 1. The molecule has 0 aromatic carbocycles. The maximum Gasteiger partial charge on any atom is 0.236 e. The molecule has 84 valence electrons. The SMILES string of the molecule is CN(CCC#N)CC(=O)N1CCOCC1. The van der Waals surface area contributed by atoms with Crippen LogP contribution in [0.3, 0.4) is 0 Å². The van der Waals surface area contributed by atoms with E-state index < -0.39 is 0 Å². The summed E-state index contributed by atoms with van der Waals surface area (Å²) in [5, 5.41) is 8.41. The van der Waals surface area contributed by atoms with Crippen molar-refractivity contribution >= 4 is 5.91 Å². The minimum Gasteiger partial charge on any atom is -0.378 e. The first-order chi connectivity index (χ1) is 7.24. The van der Waals surface area contributed by atoms with E-state index in [-0.39, 0.29) is 5.91 Å². The molecule has 0 saturated carbocycles. The van der Waals surface area contributed by atoms with Gasteiger partial charge in [0.05, 0.1) is 25.8 Å². The van der Waals surface area contributed by atoms with Crippen LogP contribution < -0.4 is 0 Å². The highest BCUT2D eigenvalue weighted by atomic mass is 16.5. The highest BCUT2D eigenvalue weighted by Crippen LogP contribution is 1.98. The Balaban J connectivity index is 2.24. The second-order valence-corrected chi connectivity index (χ2v) is 3.64. The first kappa shape index (κ1) is 12.0. The number of rotatable bonds is 4. The van der Waals surface area contributed by atoms with Gasteiger partial charge in [0.15, 0.2) is 0 Å². The van der Waals surface area contributed by atoms with E-state index in [4.69, 9.17) is 10.00 Å². The van der Waals surface area contributed by atoms with Crippen molar-refractivity contribution < 1.29 is 9.53 Å². The van der Waals surface area contributed by atoms with E-state index in [0.717, 1.165) is 0 Å². The fourth-order valence-corrected chi connectivity index (χ4v) is 1.46. The average molecular weight is 211 g/mol. The zero-order valence-corrected chi connectivity index (χ0v) is 9.11. The Morgan fingerprint density at radius 2 is 2.20 bits per heavy atom. The molecule has 0 unspecified atom stereocenters. The number of hydrogen-bond donors (Lipinski definition) is 0. The monoisotopic (exact) mass is 211 g/mol. The molecule has 0 aromatic rings. The quantitative estimate of drug-likeness (QED) is 0.640. The molecule has 0 spiro atoms. The molecule has 0 atom stereocenters. The topological polar surface area (TPSA) is 56.6 Å². The molecule has 1 heterocycles. The van der Waals surface area contributed by atoms with Gasteiger partial charge in [-0.3, -0.25) is 9.69 Å². The van der Waals surface area contributed by atoms with E-state index in [0.29, 0.717) is 45.8 Å². The highest BCUT2D eigenvalue weighted by molar-refractivity contribution is 5.78. The second kappa shape index (κ2) is 6.38. The van der Waals surface area contributed by atoms with E-state index in [1.54, 1.807) is 0 Å². The van der Waals surface area contributed by atoms with Crippen molar-refractivity contribution in [2.24, 2.45) is 0 Å². The number of nitrogens with zero attached hydrogens (tertiary/aromatic N) is 3. The summed E-state index contributed by atoms with van der Waals surface area (Å²) < 4.78 is 5.17. The maximum atomic E-state index is 11.7. The van der Waals surface area contributed by atoms with Crippen molar-refractivity contribution in [1.29, 1.82) is 5.26 Å². The van der Waals surface area contributed by atoms with Crippen molar-refractivity contribution in [3.8, 4) is 6.07 Å². The minimum atomic E-state index is 0.124. The smallest absolute Gasteiger partial charge is 0.236 e. The number of nitriles is 1. The molecule has 1 aliphatic rings. The minimum absolute atomic E-state index is 0.124. The lowest BCUT2D eigenvalue weighted by Gasteiger charge is -2.28. The summed E-state index contributed by atoms with van der Waals surface area (Å²) >= 11 is 0. The van der Waals surface area contributed by atoms with Crippen LogP contribution in [0.15, 0.2) is 0 Å². The Kier molecular flexibility index (Phi) is 5.08. The van der Waals surface area contributed by atoms with Gasteiger partial charge in [0.2, 0.25) is 5.91 Å². The standard InChI is InChI=1S/C10H17N3O2/c1-12(4-2-3-11)9-10(14)13-5-7-15-8-6-13/h2,4-9H2,1H3. The number of likely N-dealkylation sites (N-methyl/N-ethyl adjacent to an activating group) is 1. The van der Waals surface area contributed by atoms with E-state index in [1.165, 1.54) is 0 Å². The van der Waals surface area contributed by atoms with Crippen LogP contribution in [-0.4, -0.2) is 62.1 Å². The lowest BCUT2D eigenvalue weighted by molar-refractivity contribution is -0.136. The number of hydrogen-bond acceptors (Lipinski definition) is 4. The third-order valence-corrected chi connectivity index (χ3v) is 2.37. The van der Waals surface area contributed by atoms with Gasteiger partial charge in [-0.2, -0.15) is 5.26 Å². The maximum absolute atomic E-state index is 11.7. The van der Waals surface area contributed by atoms with Crippen LogP contribution in [0, 0.1) is 11.3 Å². The van der Waals surface area contributed by atoms with Gasteiger partial charge in [0.1, 0.15) is 0 Å². The summed E-state index contributed by atoms with van der Waals surface area (Å²) in [7, 11) is 1.86. The van der Waals surface area contributed by atoms with Crippen molar-refractivity contribution in [1.82, 2.24) is 9.80 Å². The van der Waals surface area contributed by atoms with Gasteiger partial charge in [0, 0.05) is 26.1 Å². The second-order valence-electron chi connectivity index (χ2n) is 3.64. The van der Waals surface area contributed by atoms with Gasteiger partial charge in [-0.15, -0.1) is 0 Å². The summed E-state index contributed by atoms with van der Waals surface area (Å²) in [6.07, 6.45) is 0.465. The van der Waals surface area contributed by atoms with Crippen molar-refractivity contribution in [2.75, 3.05) is 46.4 Å². The fraction of sp³-hybridized carbons (Fsp3) is 0.800. The van der Waals surface area contributed by atoms with E-state index in [1.807, 2.05) is 16.8 Å². The lowest BCUT2D eigenvalue weighted by atomic mass is 10.3. The number of ether oxygens (including phenoxy) is 1. The molecule has 5 nitrogen and oxygen atoms in total. The van der Waals surface area contributed by atoms with Crippen molar-refractivity contribution in [3.05, 3.63) is 0 Å². The largest absolute Gasteiger partial charge is 0.378 e. The van der Waals surface area contributed by atoms with Crippen molar-refractivity contribution in [3.63, 3.8) is 0 Å². The Morgan fingerprint density at radius 3 is 2.80 bits per heavy atom. The van der Waals surface area contributed by atoms with Crippen LogP contribution in [0.1, 0.15) is 6.42 Å². The van der Waals surface area contributed by atoms with Crippen LogP contribution in [0.2, 0.25) is 0 Å². The molecular weight excluding hydrogens is 194 g/mol. The summed E-state index contributed by atoms with van der Waals surface area (Å²) in [5.41, 5.74) is 0. The molecule has 1 saturated heterocycles. The van der Waals surface area contributed by atoms with Crippen LogP contribution >= 0.6 is 0 Å². The molecule has 0 bridgehead atoms. The molecule has 1 aliphatic heterocycles. The van der Waals surface area contributed by atoms with Crippen molar-refractivity contribution in [2.45, 2.75) is 6.42 Å². The van der Waals surface area contributed by atoms with E-state index >= 15 is 0 Å². The zero-order valence-electron chi connectivity index (χ0n) is 9.11. The molecule has 0 radical (unpaired) electrons. The molecule has 1 rings (SSSR count). The molecule has 0 aromatic heterocycles. The molecule has 5 heteroatoms. The number of amides is 1. The summed E-state index contributed by atoms with van der Waals surface area (Å²) in [5.74, 6) is 0.124. The van der Waals surface area contributed by atoms with Gasteiger partial charge in [0.25, 0.3) is 0 Å². The van der Waals surface area contributed by atoms with Gasteiger partial charge in [-0.1, -0.05) is 0 Å². The van der Waals surface area contributed by atoms with Gasteiger partial charge in [-0.05, 0) is 7.05 Å². The first-order valence-electron chi connectivity index (χ1n) is 5.15. The average Bonchev–Trinajstić information content (AvgIpc) is 2.27. The summed E-state index contributed by atoms with van der Waals surface area (Å²) in [6.45, 7) is 3.67. The Morgan fingerprint density at radius 1 is 1.53 bits per heavy atom. The Hall–Kier alpha value is -1.12. The van der Waals surface area contributed by atoms with Crippen LogP contribution in [0.25, 0.3) is 0 Å². The summed E-state index contributed by atoms with van der Waals surface area (Å²) in [6, 6.07) is 2.06. The molecule has 1 amide bonds. The molecule has 0 aliphatic carbocycles. The van der Waals surface area contributed by atoms with Gasteiger partial charge in [-0.25, -0.2) is 0 Å². The van der Waals surface area contributed by atoms with Gasteiger partial charge >= 0.3 is 0 Å². The van der Waals surface area contributed by atoms with Gasteiger partial charge < -0.3 is 9.64 Å². The number of carbonyl (C=O) groups excluding carboxylic acids is 1. The predicted molar refractivity (Wildman–Crippen MR) is 55.1 cm³/mol. The van der Waals surface area contributed by atoms with E-state index in [2.05, 4.69) is 6.07 Å². The Bertz CT molecular complexity index is 244. The molecule has 1 fully saturated rings. The highest BCUT2D eigenvalue weighted by Gasteiger charge is 2.17. The lowest BCUT2D eigenvalue weighted by Crippen LogP contribution is -2.45. The Labute approximate surface area is 90.2 Å². The third-order valence-electron chi connectivity index (χ3n) is 2.37. The molecular formula is C10H17N3O2. The number of morpholine rings is 1.